The quantitative estimate of drug-likeness (QED) is 0.609. The average molecular weight is 451 g/mol. The maximum atomic E-state index is 13.0. The Morgan fingerprint density at radius 3 is 2.81 bits per heavy atom. The fourth-order valence-corrected chi connectivity index (χ4v) is 4.42. The van der Waals surface area contributed by atoms with Crippen molar-refractivity contribution in [3.63, 3.8) is 0 Å². The lowest BCUT2D eigenvalue weighted by Crippen LogP contribution is -2.48. The number of hydrogen-bond acceptors (Lipinski definition) is 8. The number of ether oxygens (including phenoxy) is 5. The average Bonchev–Trinajstić information content (AvgIpc) is 3.20. The minimum Gasteiger partial charge on any atom is -0.490 e. The Kier molecular flexibility index (Phi) is 8.20. The van der Waals surface area contributed by atoms with E-state index in [1.165, 1.54) is 0 Å². The molecule has 0 spiro atoms. The largest absolute Gasteiger partial charge is 0.490 e. The van der Waals surface area contributed by atoms with Crippen molar-refractivity contribution in [1.82, 2.24) is 10.2 Å². The zero-order valence-corrected chi connectivity index (χ0v) is 18.7. The second-order valence-electron chi connectivity index (χ2n) is 8.54. The minimum atomic E-state index is -0.494. The highest BCUT2D eigenvalue weighted by Crippen LogP contribution is 2.35. The highest BCUT2D eigenvalue weighted by Gasteiger charge is 2.29. The minimum absolute atomic E-state index is 0.00658. The topological polar surface area (TPSA) is 98.7 Å². The summed E-state index contributed by atoms with van der Waals surface area (Å²) < 4.78 is 27.8. The highest BCUT2D eigenvalue weighted by atomic mass is 16.7. The second kappa shape index (κ2) is 11.3. The predicted octanol–water partition coefficient (Wildman–Crippen LogP) is 1.17. The van der Waals surface area contributed by atoms with Crippen LogP contribution in [-0.4, -0.2) is 88.0 Å². The summed E-state index contributed by atoms with van der Waals surface area (Å²) in [7, 11) is 1.62. The van der Waals surface area contributed by atoms with Crippen LogP contribution in [0.15, 0.2) is 12.1 Å². The first-order chi connectivity index (χ1) is 15.6. The number of methoxy groups -OCH3 is 1. The molecule has 3 aliphatic rings. The van der Waals surface area contributed by atoms with Crippen molar-refractivity contribution < 1.29 is 33.6 Å². The van der Waals surface area contributed by atoms with Crippen molar-refractivity contribution in [3.05, 3.63) is 23.3 Å². The van der Waals surface area contributed by atoms with Crippen molar-refractivity contribution >= 4 is 5.91 Å². The Bertz CT molecular complexity index is 769. The zero-order valence-electron chi connectivity index (χ0n) is 18.7. The third kappa shape index (κ3) is 5.90. The number of amides is 1. The van der Waals surface area contributed by atoms with Crippen molar-refractivity contribution in [2.45, 2.75) is 38.3 Å². The molecule has 1 amide bonds. The SMILES string of the molecule is COCc1cc2c(c(C(=O)NC[C@@H]3CCN(CCC4OCCO4)CC3O)c1)OCCCO2. The van der Waals surface area contributed by atoms with Gasteiger partial charge >= 0.3 is 0 Å². The molecule has 9 heteroatoms. The molecular formula is C23H34N2O7. The lowest BCUT2D eigenvalue weighted by molar-refractivity contribution is -0.0576. The summed E-state index contributed by atoms with van der Waals surface area (Å²) in [6.07, 6.45) is 1.76. The van der Waals surface area contributed by atoms with Gasteiger partial charge in [0, 0.05) is 45.5 Å². The molecule has 2 N–H and O–H groups in total. The van der Waals surface area contributed by atoms with Gasteiger partial charge in [-0.15, -0.1) is 0 Å². The number of β-amino-alcohol motifs (C(OH)–C–C–N with tert-alkyl or cyclic N) is 1. The normalized spacial score (nSPS) is 24.3. The number of piperidine rings is 1. The maximum Gasteiger partial charge on any atom is 0.255 e. The van der Waals surface area contributed by atoms with Gasteiger partial charge in [-0.2, -0.15) is 0 Å². The van der Waals surface area contributed by atoms with E-state index < -0.39 is 6.10 Å². The molecule has 2 fully saturated rings. The van der Waals surface area contributed by atoms with Crippen molar-refractivity contribution in [1.29, 1.82) is 0 Å². The molecule has 2 saturated heterocycles. The Morgan fingerprint density at radius 2 is 2.03 bits per heavy atom. The number of nitrogens with one attached hydrogen (secondary N) is 1. The van der Waals surface area contributed by atoms with Gasteiger partial charge in [0.25, 0.3) is 5.91 Å². The molecule has 0 saturated carbocycles. The molecule has 0 bridgehead atoms. The standard InChI is InChI=1S/C23H34N2O7/c1-28-15-16-11-18(22-20(12-16)29-7-2-8-32-22)23(27)24-13-17-3-5-25(14-19(17)26)6-4-21-30-9-10-31-21/h11-12,17,19,21,26H,2-10,13-15H2,1H3,(H,24,27)/t17-,19?/m0/s1. The van der Waals surface area contributed by atoms with Crippen LogP contribution in [0.3, 0.4) is 0 Å². The van der Waals surface area contributed by atoms with E-state index in [9.17, 15) is 9.90 Å². The number of benzene rings is 1. The Morgan fingerprint density at radius 1 is 1.22 bits per heavy atom. The molecule has 1 unspecified atom stereocenters. The first kappa shape index (κ1) is 23.3. The van der Waals surface area contributed by atoms with Crippen LogP contribution in [0.5, 0.6) is 11.5 Å². The lowest BCUT2D eigenvalue weighted by Gasteiger charge is -2.36. The number of aliphatic hydroxyl groups is 1. The monoisotopic (exact) mass is 450 g/mol. The number of rotatable bonds is 8. The molecule has 9 nitrogen and oxygen atoms in total. The highest BCUT2D eigenvalue weighted by molar-refractivity contribution is 5.98. The summed E-state index contributed by atoms with van der Waals surface area (Å²) in [5, 5.41) is 13.6. The Balaban J connectivity index is 1.32. The number of likely N-dealkylation sites (tertiary alicyclic amines) is 1. The molecule has 32 heavy (non-hydrogen) atoms. The van der Waals surface area contributed by atoms with E-state index in [4.69, 9.17) is 23.7 Å². The molecule has 2 atom stereocenters. The van der Waals surface area contributed by atoms with Crippen LogP contribution in [-0.2, 0) is 20.8 Å². The molecule has 3 aliphatic heterocycles. The zero-order chi connectivity index (χ0) is 22.3. The van der Waals surface area contributed by atoms with E-state index in [0.717, 1.165) is 37.9 Å². The van der Waals surface area contributed by atoms with Crippen LogP contribution in [0.2, 0.25) is 0 Å². The molecule has 0 aliphatic carbocycles. The second-order valence-corrected chi connectivity index (χ2v) is 8.54. The summed E-state index contributed by atoms with van der Waals surface area (Å²) in [5.74, 6) is 0.833. The van der Waals surface area contributed by atoms with Crippen LogP contribution < -0.4 is 14.8 Å². The Labute approximate surface area is 188 Å². The van der Waals surface area contributed by atoms with E-state index in [1.54, 1.807) is 13.2 Å². The van der Waals surface area contributed by atoms with Gasteiger partial charge in [-0.05, 0) is 30.7 Å². The smallest absolute Gasteiger partial charge is 0.255 e. The first-order valence-corrected chi connectivity index (χ1v) is 11.5. The summed E-state index contributed by atoms with van der Waals surface area (Å²) in [6, 6.07) is 3.65. The number of hydrogen-bond donors (Lipinski definition) is 2. The maximum absolute atomic E-state index is 13.0. The van der Waals surface area contributed by atoms with Crippen LogP contribution in [0.1, 0.15) is 35.2 Å². The fraction of sp³-hybridized carbons (Fsp3) is 0.696. The van der Waals surface area contributed by atoms with Gasteiger partial charge in [-0.25, -0.2) is 0 Å². The Hall–Kier alpha value is -1.91. The van der Waals surface area contributed by atoms with Gasteiger partial charge in [0.2, 0.25) is 0 Å². The predicted molar refractivity (Wildman–Crippen MR) is 116 cm³/mol. The molecular weight excluding hydrogens is 416 g/mol. The van der Waals surface area contributed by atoms with Gasteiger partial charge in [0.05, 0.1) is 44.7 Å². The van der Waals surface area contributed by atoms with Crippen molar-refractivity contribution in [2.24, 2.45) is 5.92 Å². The van der Waals surface area contributed by atoms with Crippen molar-refractivity contribution in [3.8, 4) is 11.5 Å². The third-order valence-corrected chi connectivity index (χ3v) is 6.17. The van der Waals surface area contributed by atoms with Gasteiger partial charge in [-0.1, -0.05) is 0 Å². The molecule has 4 rings (SSSR count). The van der Waals surface area contributed by atoms with E-state index >= 15 is 0 Å². The van der Waals surface area contributed by atoms with E-state index in [0.29, 0.717) is 63.2 Å². The number of carbonyl (C=O) groups excluding carboxylic acids is 1. The van der Waals surface area contributed by atoms with Crippen LogP contribution in [0.25, 0.3) is 0 Å². The summed E-state index contributed by atoms with van der Waals surface area (Å²) in [5.41, 5.74) is 1.30. The van der Waals surface area contributed by atoms with Gasteiger partial charge in [0.15, 0.2) is 17.8 Å². The molecule has 0 radical (unpaired) electrons. The van der Waals surface area contributed by atoms with Crippen molar-refractivity contribution in [2.75, 3.05) is 59.7 Å². The van der Waals surface area contributed by atoms with Crippen LogP contribution >= 0.6 is 0 Å². The van der Waals surface area contributed by atoms with Gasteiger partial charge < -0.3 is 39.0 Å². The van der Waals surface area contributed by atoms with E-state index in [-0.39, 0.29) is 18.1 Å². The number of nitrogens with zero attached hydrogens (tertiary/aromatic N) is 1. The molecule has 1 aromatic carbocycles. The van der Waals surface area contributed by atoms with Gasteiger partial charge in [-0.3, -0.25) is 4.79 Å². The lowest BCUT2D eigenvalue weighted by atomic mass is 9.93. The summed E-state index contributed by atoms with van der Waals surface area (Å²) in [4.78, 5) is 15.3. The van der Waals surface area contributed by atoms with Gasteiger partial charge in [0.1, 0.15) is 0 Å². The molecule has 3 heterocycles. The molecule has 1 aromatic rings. The number of carbonyl (C=O) groups is 1. The van der Waals surface area contributed by atoms with E-state index in [1.807, 2.05) is 6.07 Å². The number of aliphatic hydroxyl groups excluding tert-OH is 1. The summed E-state index contributed by atoms with van der Waals surface area (Å²) >= 11 is 0. The summed E-state index contributed by atoms with van der Waals surface area (Å²) in [6.45, 7) is 5.45. The third-order valence-electron chi connectivity index (χ3n) is 6.17. The number of fused-ring (bicyclic) bond motifs is 1. The molecule has 178 valence electrons. The van der Waals surface area contributed by atoms with Crippen LogP contribution in [0.4, 0.5) is 0 Å². The van der Waals surface area contributed by atoms with Crippen LogP contribution in [0, 0.1) is 5.92 Å². The fourth-order valence-electron chi connectivity index (χ4n) is 4.42. The first-order valence-electron chi connectivity index (χ1n) is 11.5. The van der Waals surface area contributed by atoms with E-state index in [2.05, 4.69) is 10.2 Å². The molecule has 0 aromatic heterocycles.